The topological polar surface area (TPSA) is 35.0 Å². The van der Waals surface area contributed by atoms with Crippen molar-refractivity contribution >= 4 is 15.9 Å². The normalized spacial score (nSPS) is 12.9. The molecule has 1 unspecified atom stereocenters. The van der Waals surface area contributed by atoms with E-state index in [1.807, 2.05) is 13.8 Å². The molecule has 84 valence electrons. The molecule has 0 aliphatic heterocycles. The Morgan fingerprint density at radius 2 is 2.13 bits per heavy atom. The monoisotopic (exact) mass is 272 g/mol. The van der Waals surface area contributed by atoms with Crippen molar-refractivity contribution in [3.05, 3.63) is 18.1 Å². The summed E-state index contributed by atoms with van der Waals surface area (Å²) in [5.74, 6) is 0.610. The molecule has 1 rings (SSSR count). The first-order valence-corrected chi connectivity index (χ1v) is 6.15. The molecule has 1 aromatic rings. The number of aromatic nitrogens is 2. The fourth-order valence-corrected chi connectivity index (χ4v) is 1.49. The molecule has 0 saturated heterocycles. The summed E-state index contributed by atoms with van der Waals surface area (Å²) in [4.78, 5) is 8.96. The summed E-state index contributed by atoms with van der Waals surface area (Å²) in [5, 5.41) is 0. The molecule has 0 spiro atoms. The van der Waals surface area contributed by atoms with Crippen molar-refractivity contribution in [3.63, 3.8) is 0 Å². The highest BCUT2D eigenvalue weighted by atomic mass is 79.9. The first-order valence-electron chi connectivity index (χ1n) is 5.23. The summed E-state index contributed by atoms with van der Waals surface area (Å²) in [6.45, 7) is 6.10. The maximum Gasteiger partial charge on any atom is 0.232 e. The van der Waals surface area contributed by atoms with Crippen molar-refractivity contribution in [2.75, 3.05) is 0 Å². The molecule has 0 fully saturated rings. The van der Waals surface area contributed by atoms with E-state index in [0.29, 0.717) is 10.7 Å². The second kappa shape index (κ2) is 6.05. The van der Waals surface area contributed by atoms with Gasteiger partial charge in [0.15, 0.2) is 0 Å². The van der Waals surface area contributed by atoms with Gasteiger partial charge in [0.05, 0.1) is 18.0 Å². The van der Waals surface area contributed by atoms with Gasteiger partial charge in [0, 0.05) is 17.4 Å². The molecule has 1 aromatic heterocycles. The largest absolute Gasteiger partial charge is 0.474 e. The molecule has 1 atom stereocenters. The van der Waals surface area contributed by atoms with Crippen LogP contribution in [-0.2, 0) is 6.42 Å². The van der Waals surface area contributed by atoms with E-state index < -0.39 is 0 Å². The fraction of sp³-hybridized carbons (Fsp3) is 0.636. The lowest BCUT2D eigenvalue weighted by Crippen LogP contribution is -2.09. The molecule has 0 N–H and O–H groups in total. The average Bonchev–Trinajstić information content (AvgIpc) is 2.17. The van der Waals surface area contributed by atoms with E-state index in [4.69, 9.17) is 4.74 Å². The smallest absolute Gasteiger partial charge is 0.232 e. The van der Waals surface area contributed by atoms with Crippen LogP contribution in [0.15, 0.2) is 12.4 Å². The van der Waals surface area contributed by atoms with Crippen LogP contribution in [0.1, 0.15) is 32.9 Å². The van der Waals surface area contributed by atoms with Crippen LogP contribution < -0.4 is 4.74 Å². The van der Waals surface area contributed by atoms with Gasteiger partial charge in [-0.15, -0.1) is 0 Å². The number of rotatable bonds is 5. The van der Waals surface area contributed by atoms with Gasteiger partial charge >= 0.3 is 0 Å². The predicted molar refractivity (Wildman–Crippen MR) is 64.5 cm³/mol. The molecular weight excluding hydrogens is 256 g/mol. The summed E-state index contributed by atoms with van der Waals surface area (Å²) in [5.41, 5.74) is 0.969. The number of hydrogen-bond donors (Lipinski definition) is 0. The van der Waals surface area contributed by atoms with Crippen LogP contribution in [0, 0.1) is 0 Å². The molecule has 15 heavy (non-hydrogen) atoms. The Balaban J connectivity index is 2.65. The first kappa shape index (κ1) is 12.4. The Hall–Kier alpha value is -0.640. The molecule has 0 amide bonds. The molecule has 4 heteroatoms. The number of nitrogens with zero attached hydrogens (tertiary/aromatic N) is 2. The maximum absolute atomic E-state index is 5.48. The Labute approximate surface area is 99.4 Å². The van der Waals surface area contributed by atoms with Gasteiger partial charge < -0.3 is 4.74 Å². The van der Waals surface area contributed by atoms with Crippen LogP contribution in [0.4, 0.5) is 0 Å². The minimum absolute atomic E-state index is 0.139. The standard InChI is InChI=1S/C11H17BrN2O/c1-4-9(12)5-10-6-13-7-11(14-10)15-8(2)3/h6-9H,4-5H2,1-3H3. The highest BCUT2D eigenvalue weighted by Gasteiger charge is 2.06. The zero-order chi connectivity index (χ0) is 11.3. The van der Waals surface area contributed by atoms with Gasteiger partial charge in [0.2, 0.25) is 5.88 Å². The average molecular weight is 273 g/mol. The van der Waals surface area contributed by atoms with Gasteiger partial charge in [0.25, 0.3) is 0 Å². The molecule has 3 nitrogen and oxygen atoms in total. The van der Waals surface area contributed by atoms with Crippen LogP contribution in [-0.4, -0.2) is 20.9 Å². The van der Waals surface area contributed by atoms with E-state index in [-0.39, 0.29) is 6.10 Å². The molecular formula is C11H17BrN2O. The van der Waals surface area contributed by atoms with E-state index in [1.165, 1.54) is 0 Å². The van der Waals surface area contributed by atoms with Crippen molar-refractivity contribution < 1.29 is 4.74 Å². The molecule has 0 aliphatic rings. The van der Waals surface area contributed by atoms with Crippen LogP contribution in [0.2, 0.25) is 0 Å². The molecule has 0 saturated carbocycles. The van der Waals surface area contributed by atoms with Gasteiger partial charge in [-0.25, -0.2) is 4.98 Å². The lowest BCUT2D eigenvalue weighted by atomic mass is 10.2. The quantitative estimate of drug-likeness (QED) is 0.773. The fourth-order valence-electron chi connectivity index (χ4n) is 1.15. The maximum atomic E-state index is 5.48. The zero-order valence-electron chi connectivity index (χ0n) is 9.40. The van der Waals surface area contributed by atoms with Crippen molar-refractivity contribution in [1.82, 2.24) is 9.97 Å². The van der Waals surface area contributed by atoms with Crippen molar-refractivity contribution in [3.8, 4) is 5.88 Å². The number of hydrogen-bond acceptors (Lipinski definition) is 3. The molecule has 0 bridgehead atoms. The van der Waals surface area contributed by atoms with E-state index in [2.05, 4.69) is 32.8 Å². The number of ether oxygens (including phenoxy) is 1. The molecule has 0 aromatic carbocycles. The third-order valence-electron chi connectivity index (χ3n) is 1.89. The van der Waals surface area contributed by atoms with Gasteiger partial charge in [0.1, 0.15) is 0 Å². The van der Waals surface area contributed by atoms with Crippen molar-refractivity contribution in [2.45, 2.75) is 44.5 Å². The van der Waals surface area contributed by atoms with E-state index >= 15 is 0 Å². The summed E-state index contributed by atoms with van der Waals surface area (Å²) < 4.78 is 5.48. The summed E-state index contributed by atoms with van der Waals surface area (Å²) in [6.07, 6.45) is 5.55. The third-order valence-corrected chi connectivity index (χ3v) is 2.86. The van der Waals surface area contributed by atoms with Gasteiger partial charge in [-0.1, -0.05) is 22.9 Å². The second-order valence-electron chi connectivity index (χ2n) is 3.72. The first-order chi connectivity index (χ1) is 7.11. The molecule has 0 radical (unpaired) electrons. The van der Waals surface area contributed by atoms with E-state index in [0.717, 1.165) is 18.5 Å². The van der Waals surface area contributed by atoms with Crippen LogP contribution in [0.25, 0.3) is 0 Å². The van der Waals surface area contributed by atoms with Crippen molar-refractivity contribution in [2.24, 2.45) is 0 Å². The van der Waals surface area contributed by atoms with Gasteiger partial charge in [-0.3, -0.25) is 4.98 Å². The third kappa shape index (κ3) is 4.60. The van der Waals surface area contributed by atoms with Crippen molar-refractivity contribution in [1.29, 1.82) is 0 Å². The van der Waals surface area contributed by atoms with E-state index in [9.17, 15) is 0 Å². The molecule has 0 aliphatic carbocycles. The SMILES string of the molecule is CCC(Br)Cc1cncc(OC(C)C)n1. The van der Waals surface area contributed by atoms with E-state index in [1.54, 1.807) is 12.4 Å². The van der Waals surface area contributed by atoms with Gasteiger partial charge in [-0.2, -0.15) is 0 Å². The second-order valence-corrected chi connectivity index (χ2v) is 5.02. The Morgan fingerprint density at radius 3 is 2.73 bits per heavy atom. The number of halogens is 1. The predicted octanol–water partition coefficient (Wildman–Crippen LogP) is 2.98. The van der Waals surface area contributed by atoms with Crippen LogP contribution in [0.5, 0.6) is 5.88 Å². The van der Waals surface area contributed by atoms with Crippen LogP contribution >= 0.6 is 15.9 Å². The minimum atomic E-state index is 0.139. The summed E-state index contributed by atoms with van der Waals surface area (Å²) >= 11 is 3.58. The summed E-state index contributed by atoms with van der Waals surface area (Å²) in [6, 6.07) is 0. The number of alkyl halides is 1. The molecule has 1 heterocycles. The Bertz CT molecular complexity index is 304. The Morgan fingerprint density at radius 1 is 1.40 bits per heavy atom. The lowest BCUT2D eigenvalue weighted by molar-refractivity contribution is 0.231. The zero-order valence-corrected chi connectivity index (χ0v) is 11.0. The summed E-state index contributed by atoms with van der Waals surface area (Å²) in [7, 11) is 0. The Kier molecular flexibility index (Phi) is 5.02. The highest BCUT2D eigenvalue weighted by molar-refractivity contribution is 9.09. The lowest BCUT2D eigenvalue weighted by Gasteiger charge is -2.10. The minimum Gasteiger partial charge on any atom is -0.474 e. The van der Waals surface area contributed by atoms with Gasteiger partial charge in [-0.05, 0) is 20.3 Å². The highest BCUT2D eigenvalue weighted by Crippen LogP contribution is 2.13. The van der Waals surface area contributed by atoms with Crippen LogP contribution in [0.3, 0.4) is 0 Å².